The minimum absolute atomic E-state index is 0.0127. The van der Waals surface area contributed by atoms with E-state index in [-0.39, 0.29) is 26.9 Å². The Bertz CT molecular complexity index is 953. The number of sulfonamides is 2. The molecule has 0 aliphatic carbocycles. The Kier molecular flexibility index (Phi) is 4.60. The van der Waals surface area contributed by atoms with E-state index < -0.39 is 20.0 Å². The Morgan fingerprint density at radius 2 is 1.64 bits per heavy atom. The average Bonchev–Trinajstić information content (AvgIpc) is 3.18. The number of nitrogens with zero attached hydrogens (tertiary/aromatic N) is 2. The third kappa shape index (κ3) is 3.42. The van der Waals surface area contributed by atoms with Gasteiger partial charge in [0.2, 0.25) is 10.0 Å². The van der Waals surface area contributed by atoms with Crippen molar-refractivity contribution < 1.29 is 21.4 Å². The highest BCUT2D eigenvalue weighted by atomic mass is 32.2. The predicted octanol–water partition coefficient (Wildman–Crippen LogP) is 1.88. The lowest BCUT2D eigenvalue weighted by Gasteiger charge is -2.15. The molecule has 1 aliphatic heterocycles. The lowest BCUT2D eigenvalue weighted by Crippen LogP contribution is -2.27. The maximum absolute atomic E-state index is 12.5. The molecule has 25 heavy (non-hydrogen) atoms. The largest absolute Gasteiger partial charge is 0.360 e. The first-order valence-corrected chi connectivity index (χ1v) is 10.7. The average molecular weight is 385 g/mol. The number of aromatic nitrogens is 1. The van der Waals surface area contributed by atoms with Gasteiger partial charge in [-0.3, -0.25) is 4.72 Å². The smallest absolute Gasteiger partial charge is 0.267 e. The van der Waals surface area contributed by atoms with Gasteiger partial charge >= 0.3 is 0 Å². The summed E-state index contributed by atoms with van der Waals surface area (Å²) < 4.78 is 58.6. The topological polar surface area (TPSA) is 110 Å². The second-order valence-corrected chi connectivity index (χ2v) is 9.45. The summed E-state index contributed by atoms with van der Waals surface area (Å²) in [6, 6.07) is 5.66. The van der Waals surface area contributed by atoms with E-state index in [1.807, 2.05) is 0 Å². The van der Waals surface area contributed by atoms with E-state index in [0.717, 1.165) is 12.8 Å². The summed E-state index contributed by atoms with van der Waals surface area (Å²) in [4.78, 5) is 0.135. The minimum atomic E-state index is -3.86. The molecule has 1 saturated heterocycles. The van der Waals surface area contributed by atoms with Crippen molar-refractivity contribution in [2.24, 2.45) is 0 Å². The molecule has 2 heterocycles. The molecule has 1 aliphatic rings. The first kappa shape index (κ1) is 17.9. The van der Waals surface area contributed by atoms with Crippen LogP contribution in [0.1, 0.15) is 24.3 Å². The number of rotatable bonds is 5. The van der Waals surface area contributed by atoms with Crippen molar-refractivity contribution in [3.05, 3.63) is 35.7 Å². The van der Waals surface area contributed by atoms with Crippen molar-refractivity contribution >= 4 is 25.7 Å². The first-order chi connectivity index (χ1) is 11.7. The SMILES string of the molecule is Cc1noc(C)c1S(=O)(=O)Nc1ccc(S(=O)(=O)N2CCCC2)cc1. The van der Waals surface area contributed by atoms with Gasteiger partial charge in [-0.15, -0.1) is 0 Å². The van der Waals surface area contributed by atoms with Crippen LogP contribution in [-0.2, 0) is 20.0 Å². The maximum atomic E-state index is 12.5. The van der Waals surface area contributed by atoms with Crippen molar-refractivity contribution in [1.29, 1.82) is 0 Å². The molecule has 1 aromatic heterocycles. The zero-order valence-electron chi connectivity index (χ0n) is 13.9. The molecule has 0 radical (unpaired) electrons. The summed E-state index contributed by atoms with van der Waals surface area (Å²) in [6.45, 7) is 4.09. The van der Waals surface area contributed by atoms with Crippen molar-refractivity contribution in [2.75, 3.05) is 17.8 Å². The number of anilines is 1. The lowest BCUT2D eigenvalue weighted by atomic mass is 10.3. The Morgan fingerprint density at radius 3 is 2.16 bits per heavy atom. The normalized spacial score (nSPS) is 16.2. The van der Waals surface area contributed by atoms with E-state index in [2.05, 4.69) is 9.88 Å². The summed E-state index contributed by atoms with van der Waals surface area (Å²) in [6.07, 6.45) is 1.71. The van der Waals surface area contributed by atoms with Gasteiger partial charge in [-0.05, 0) is 51.0 Å². The molecule has 136 valence electrons. The molecular weight excluding hydrogens is 366 g/mol. The van der Waals surface area contributed by atoms with Gasteiger partial charge in [0.15, 0.2) is 10.7 Å². The van der Waals surface area contributed by atoms with Crippen molar-refractivity contribution in [1.82, 2.24) is 9.46 Å². The lowest BCUT2D eigenvalue weighted by molar-refractivity contribution is 0.390. The van der Waals surface area contributed by atoms with Gasteiger partial charge in [0.1, 0.15) is 5.69 Å². The molecule has 1 N–H and O–H groups in total. The summed E-state index contributed by atoms with van der Waals surface area (Å²) >= 11 is 0. The van der Waals surface area contributed by atoms with Crippen LogP contribution >= 0.6 is 0 Å². The molecule has 0 saturated carbocycles. The molecule has 8 nitrogen and oxygen atoms in total. The van der Waals surface area contributed by atoms with Crippen LogP contribution in [0.5, 0.6) is 0 Å². The second kappa shape index (κ2) is 6.43. The summed E-state index contributed by atoms with van der Waals surface area (Å²) in [7, 11) is -7.39. The molecule has 3 rings (SSSR count). The van der Waals surface area contributed by atoms with Gasteiger partial charge in [-0.2, -0.15) is 4.31 Å². The summed E-state index contributed by atoms with van der Waals surface area (Å²) in [5.74, 6) is 0.193. The Balaban J connectivity index is 1.84. The van der Waals surface area contributed by atoms with E-state index in [4.69, 9.17) is 4.52 Å². The Labute approximate surface area is 146 Å². The van der Waals surface area contributed by atoms with Crippen molar-refractivity contribution in [2.45, 2.75) is 36.5 Å². The molecule has 1 fully saturated rings. The predicted molar refractivity (Wildman–Crippen MR) is 91.2 cm³/mol. The molecule has 10 heteroatoms. The van der Waals surface area contributed by atoms with Crippen LogP contribution in [0.3, 0.4) is 0 Å². The van der Waals surface area contributed by atoms with Gasteiger partial charge < -0.3 is 4.52 Å². The zero-order valence-corrected chi connectivity index (χ0v) is 15.5. The van der Waals surface area contributed by atoms with E-state index in [1.165, 1.54) is 42.4 Å². The van der Waals surface area contributed by atoms with Crippen LogP contribution in [0.15, 0.2) is 38.6 Å². The number of benzene rings is 1. The fraction of sp³-hybridized carbons (Fsp3) is 0.400. The monoisotopic (exact) mass is 385 g/mol. The molecule has 0 amide bonds. The number of hydrogen-bond donors (Lipinski definition) is 1. The fourth-order valence-electron chi connectivity index (χ4n) is 2.84. The molecule has 0 bridgehead atoms. The van der Waals surface area contributed by atoms with E-state index >= 15 is 0 Å². The third-order valence-corrected chi connectivity index (χ3v) is 7.58. The highest BCUT2D eigenvalue weighted by molar-refractivity contribution is 7.92. The van der Waals surface area contributed by atoms with Crippen molar-refractivity contribution in [3.8, 4) is 0 Å². The van der Waals surface area contributed by atoms with Gasteiger partial charge in [-0.1, -0.05) is 5.16 Å². The van der Waals surface area contributed by atoms with Crippen LogP contribution in [0.25, 0.3) is 0 Å². The van der Waals surface area contributed by atoms with E-state index in [0.29, 0.717) is 13.1 Å². The van der Waals surface area contributed by atoms with Gasteiger partial charge in [0, 0.05) is 18.8 Å². The Hall–Kier alpha value is -1.91. The van der Waals surface area contributed by atoms with E-state index in [9.17, 15) is 16.8 Å². The Morgan fingerprint density at radius 1 is 1.04 bits per heavy atom. The molecule has 1 aromatic carbocycles. The minimum Gasteiger partial charge on any atom is -0.360 e. The quantitative estimate of drug-likeness (QED) is 0.841. The van der Waals surface area contributed by atoms with Crippen LogP contribution in [-0.4, -0.2) is 39.4 Å². The van der Waals surface area contributed by atoms with Gasteiger partial charge in [0.25, 0.3) is 10.0 Å². The summed E-state index contributed by atoms with van der Waals surface area (Å²) in [5.41, 5.74) is 0.526. The van der Waals surface area contributed by atoms with E-state index in [1.54, 1.807) is 0 Å². The molecule has 0 spiro atoms. The maximum Gasteiger partial charge on any atom is 0.267 e. The highest BCUT2D eigenvalue weighted by Crippen LogP contribution is 2.25. The van der Waals surface area contributed by atoms with Crippen LogP contribution in [0.4, 0.5) is 5.69 Å². The summed E-state index contributed by atoms with van der Waals surface area (Å²) in [5, 5.41) is 3.64. The fourth-order valence-corrected chi connectivity index (χ4v) is 5.74. The number of aryl methyl sites for hydroxylation is 2. The number of hydrogen-bond acceptors (Lipinski definition) is 6. The third-order valence-electron chi connectivity index (χ3n) is 4.05. The van der Waals surface area contributed by atoms with Crippen LogP contribution < -0.4 is 4.72 Å². The molecular formula is C15H19N3O5S2. The first-order valence-electron chi connectivity index (χ1n) is 7.78. The van der Waals surface area contributed by atoms with Gasteiger partial charge in [0.05, 0.1) is 4.90 Å². The zero-order chi connectivity index (χ0) is 18.2. The van der Waals surface area contributed by atoms with Crippen LogP contribution in [0, 0.1) is 13.8 Å². The molecule has 0 atom stereocenters. The van der Waals surface area contributed by atoms with Crippen LogP contribution in [0.2, 0.25) is 0 Å². The molecule has 0 unspecified atom stereocenters. The van der Waals surface area contributed by atoms with Crippen molar-refractivity contribution in [3.63, 3.8) is 0 Å². The van der Waals surface area contributed by atoms with Gasteiger partial charge in [-0.25, -0.2) is 16.8 Å². The second-order valence-electron chi connectivity index (χ2n) is 5.89. The standard InChI is InChI=1S/C15H19N3O5S2/c1-11-15(12(2)23-16-11)24(19,20)17-13-5-7-14(8-6-13)25(21,22)18-9-3-4-10-18/h5-8,17H,3-4,9-10H2,1-2H3. The highest BCUT2D eigenvalue weighted by Gasteiger charge is 2.28. The number of nitrogens with one attached hydrogen (secondary N) is 1. The molecule has 2 aromatic rings.